The number of hydrogen-bond donors (Lipinski definition) is 1. The number of thiophene rings is 1. The maximum absolute atomic E-state index is 11.8. The maximum Gasteiger partial charge on any atom is 0.323 e. The lowest BCUT2D eigenvalue weighted by Gasteiger charge is -2.24. The highest BCUT2D eigenvalue weighted by atomic mass is 32.1. The van der Waals surface area contributed by atoms with Gasteiger partial charge in [0.1, 0.15) is 11.6 Å². The zero-order valence-corrected chi connectivity index (χ0v) is 12.6. The van der Waals surface area contributed by atoms with Crippen molar-refractivity contribution >= 4 is 17.3 Å². The third-order valence-corrected chi connectivity index (χ3v) is 3.28. The van der Waals surface area contributed by atoms with Crippen LogP contribution in [0.1, 0.15) is 39.5 Å². The fourth-order valence-corrected chi connectivity index (χ4v) is 2.51. The Morgan fingerprint density at radius 2 is 2.11 bits per heavy atom. The van der Waals surface area contributed by atoms with Crippen molar-refractivity contribution in [2.24, 2.45) is 0 Å². The predicted molar refractivity (Wildman–Crippen MR) is 75.9 cm³/mol. The summed E-state index contributed by atoms with van der Waals surface area (Å²) in [6, 6.07) is 4.13. The van der Waals surface area contributed by atoms with Gasteiger partial charge in [0.25, 0.3) is 0 Å². The van der Waals surface area contributed by atoms with E-state index in [9.17, 15) is 4.79 Å². The first-order valence-corrected chi connectivity index (χ1v) is 7.17. The molecule has 0 aliphatic carbocycles. The molecule has 2 unspecified atom stereocenters. The quantitative estimate of drug-likeness (QED) is 0.835. The van der Waals surface area contributed by atoms with Crippen molar-refractivity contribution in [3.05, 3.63) is 22.4 Å². The number of esters is 1. The molecule has 0 bridgehead atoms. The standard InChI is InChI=1S/C14H23NO2S/c1-10(9-12-7-6-8-18-12)15-11(2)13(16)17-14(3,4)5/h6-8,10-11,15H,9H2,1-5H3. The fraction of sp³-hybridized carbons (Fsp3) is 0.643. The van der Waals surface area contributed by atoms with Crippen LogP contribution in [-0.2, 0) is 16.0 Å². The second-order valence-corrected chi connectivity index (χ2v) is 6.64. The molecule has 0 spiro atoms. The van der Waals surface area contributed by atoms with Crippen molar-refractivity contribution in [3.63, 3.8) is 0 Å². The lowest BCUT2D eigenvalue weighted by Crippen LogP contribution is -2.43. The highest BCUT2D eigenvalue weighted by Gasteiger charge is 2.22. The first kappa shape index (κ1) is 15.2. The second-order valence-electron chi connectivity index (χ2n) is 5.61. The van der Waals surface area contributed by atoms with Crippen molar-refractivity contribution in [2.75, 3.05) is 0 Å². The van der Waals surface area contributed by atoms with Gasteiger partial charge in [-0.05, 0) is 52.5 Å². The van der Waals surface area contributed by atoms with Crippen LogP contribution in [0.3, 0.4) is 0 Å². The average molecular weight is 269 g/mol. The summed E-state index contributed by atoms with van der Waals surface area (Å²) in [5.41, 5.74) is -0.427. The molecule has 0 aliphatic heterocycles. The average Bonchev–Trinajstić information content (AvgIpc) is 2.67. The van der Waals surface area contributed by atoms with Gasteiger partial charge in [0.05, 0.1) is 0 Å². The van der Waals surface area contributed by atoms with Gasteiger partial charge in [-0.25, -0.2) is 0 Å². The van der Waals surface area contributed by atoms with Crippen molar-refractivity contribution in [2.45, 2.75) is 58.7 Å². The number of carbonyl (C=O) groups excluding carboxylic acids is 1. The zero-order valence-electron chi connectivity index (χ0n) is 11.8. The Bertz CT molecular complexity index is 368. The van der Waals surface area contributed by atoms with E-state index in [1.54, 1.807) is 11.3 Å². The Morgan fingerprint density at radius 1 is 1.44 bits per heavy atom. The van der Waals surface area contributed by atoms with Crippen molar-refractivity contribution in [1.29, 1.82) is 0 Å². The SMILES string of the molecule is CC(Cc1cccs1)NC(C)C(=O)OC(C)(C)C. The number of nitrogens with one attached hydrogen (secondary N) is 1. The van der Waals surface area contributed by atoms with E-state index in [0.717, 1.165) is 6.42 Å². The first-order valence-electron chi connectivity index (χ1n) is 6.29. The normalized spacial score (nSPS) is 15.2. The van der Waals surface area contributed by atoms with Crippen molar-refractivity contribution in [3.8, 4) is 0 Å². The molecular weight excluding hydrogens is 246 g/mol. The largest absolute Gasteiger partial charge is 0.459 e. The Hall–Kier alpha value is -0.870. The van der Waals surface area contributed by atoms with Crippen molar-refractivity contribution < 1.29 is 9.53 Å². The van der Waals surface area contributed by atoms with Crippen LogP contribution in [0.5, 0.6) is 0 Å². The van der Waals surface area contributed by atoms with E-state index >= 15 is 0 Å². The smallest absolute Gasteiger partial charge is 0.323 e. The Balaban J connectivity index is 2.39. The third kappa shape index (κ3) is 5.65. The van der Waals surface area contributed by atoms with Gasteiger partial charge in [0, 0.05) is 10.9 Å². The lowest BCUT2D eigenvalue weighted by atomic mass is 10.1. The van der Waals surface area contributed by atoms with Gasteiger partial charge >= 0.3 is 5.97 Å². The van der Waals surface area contributed by atoms with Gasteiger partial charge in [0.15, 0.2) is 0 Å². The van der Waals surface area contributed by atoms with Crippen LogP contribution >= 0.6 is 11.3 Å². The number of hydrogen-bond acceptors (Lipinski definition) is 4. The van der Waals surface area contributed by atoms with Crippen LogP contribution in [0.25, 0.3) is 0 Å². The zero-order chi connectivity index (χ0) is 13.8. The minimum atomic E-state index is -0.427. The molecule has 0 fully saturated rings. The van der Waals surface area contributed by atoms with Gasteiger partial charge in [-0.15, -0.1) is 11.3 Å². The van der Waals surface area contributed by atoms with Crippen LogP contribution in [0.15, 0.2) is 17.5 Å². The minimum absolute atomic E-state index is 0.194. The highest BCUT2D eigenvalue weighted by molar-refractivity contribution is 7.09. The van der Waals surface area contributed by atoms with Gasteiger partial charge in [0.2, 0.25) is 0 Å². The molecule has 102 valence electrons. The molecule has 1 N–H and O–H groups in total. The van der Waals surface area contributed by atoms with E-state index in [1.807, 2.05) is 33.8 Å². The summed E-state index contributed by atoms with van der Waals surface area (Å²) in [5.74, 6) is -0.194. The molecule has 0 aliphatic rings. The first-order chi connectivity index (χ1) is 8.28. The second kappa shape index (κ2) is 6.34. The van der Waals surface area contributed by atoms with E-state index in [-0.39, 0.29) is 18.1 Å². The molecule has 1 heterocycles. The predicted octanol–water partition coefficient (Wildman–Crippen LogP) is 3.00. The molecule has 0 saturated heterocycles. The fourth-order valence-electron chi connectivity index (χ4n) is 1.67. The Morgan fingerprint density at radius 3 is 2.61 bits per heavy atom. The number of carbonyl (C=O) groups is 1. The van der Waals surface area contributed by atoms with Crippen molar-refractivity contribution in [1.82, 2.24) is 5.32 Å². The van der Waals surface area contributed by atoms with Gasteiger partial charge in [-0.2, -0.15) is 0 Å². The topological polar surface area (TPSA) is 38.3 Å². The van der Waals surface area contributed by atoms with E-state index in [2.05, 4.69) is 23.7 Å². The summed E-state index contributed by atoms with van der Waals surface area (Å²) in [6.45, 7) is 9.58. The molecule has 3 nitrogen and oxygen atoms in total. The van der Waals surface area contributed by atoms with Crippen LogP contribution < -0.4 is 5.32 Å². The van der Waals surface area contributed by atoms with E-state index in [4.69, 9.17) is 4.74 Å². The number of ether oxygens (including phenoxy) is 1. The molecule has 1 rings (SSSR count). The minimum Gasteiger partial charge on any atom is -0.459 e. The molecule has 2 atom stereocenters. The molecule has 0 saturated carbocycles. The summed E-state index contributed by atoms with van der Waals surface area (Å²) in [4.78, 5) is 13.1. The summed E-state index contributed by atoms with van der Waals surface area (Å²) in [6.07, 6.45) is 0.935. The molecule has 18 heavy (non-hydrogen) atoms. The molecule has 1 aromatic heterocycles. The summed E-state index contributed by atoms with van der Waals surface area (Å²) < 4.78 is 5.34. The number of rotatable bonds is 5. The van der Waals surface area contributed by atoms with Crippen LogP contribution in [0, 0.1) is 0 Å². The van der Waals surface area contributed by atoms with E-state index < -0.39 is 5.60 Å². The monoisotopic (exact) mass is 269 g/mol. The molecule has 4 heteroatoms. The highest BCUT2D eigenvalue weighted by Crippen LogP contribution is 2.12. The molecule has 0 aromatic carbocycles. The maximum atomic E-state index is 11.8. The molecule has 0 amide bonds. The lowest BCUT2D eigenvalue weighted by molar-refractivity contribution is -0.157. The van der Waals surface area contributed by atoms with Gasteiger partial charge < -0.3 is 10.1 Å². The summed E-state index contributed by atoms with van der Waals surface area (Å²) in [7, 11) is 0. The van der Waals surface area contributed by atoms with Crippen LogP contribution in [0.2, 0.25) is 0 Å². The van der Waals surface area contributed by atoms with E-state index in [0.29, 0.717) is 0 Å². The Labute approximate surface area is 114 Å². The molecule has 1 aromatic rings. The summed E-state index contributed by atoms with van der Waals surface area (Å²) >= 11 is 1.74. The Kier molecular flexibility index (Phi) is 5.35. The third-order valence-electron chi connectivity index (χ3n) is 2.38. The van der Waals surface area contributed by atoms with Gasteiger partial charge in [-0.1, -0.05) is 6.07 Å². The molecular formula is C14H23NO2S. The molecule has 0 radical (unpaired) electrons. The summed E-state index contributed by atoms with van der Waals surface area (Å²) in [5, 5.41) is 5.34. The van der Waals surface area contributed by atoms with Gasteiger partial charge in [-0.3, -0.25) is 4.79 Å². The van der Waals surface area contributed by atoms with E-state index in [1.165, 1.54) is 4.88 Å². The van der Waals surface area contributed by atoms with Crippen LogP contribution in [0.4, 0.5) is 0 Å². The van der Waals surface area contributed by atoms with Crippen LogP contribution in [-0.4, -0.2) is 23.7 Å².